The monoisotopic (exact) mass is 277 g/mol. The molecule has 0 aliphatic rings. The molecule has 2 heterocycles. The highest BCUT2D eigenvalue weighted by atomic mass is 32.2. The smallest absolute Gasteiger partial charge is 0.188 e. The number of nitrogens with zero attached hydrogens (tertiary/aromatic N) is 2. The zero-order valence-corrected chi connectivity index (χ0v) is 12.4. The van der Waals surface area contributed by atoms with Gasteiger partial charge in [-0.2, -0.15) is 0 Å². The Labute approximate surface area is 118 Å². The van der Waals surface area contributed by atoms with E-state index in [0.29, 0.717) is 0 Å². The van der Waals surface area contributed by atoms with E-state index in [1.165, 1.54) is 11.1 Å². The number of hydrogen-bond acceptors (Lipinski definition) is 5. The molecule has 0 bridgehead atoms. The summed E-state index contributed by atoms with van der Waals surface area (Å²) in [6, 6.07) is 1.97. The quantitative estimate of drug-likeness (QED) is 0.500. The minimum Gasteiger partial charge on any atom is -0.472 e. The fourth-order valence-corrected chi connectivity index (χ4v) is 2.48. The van der Waals surface area contributed by atoms with Crippen LogP contribution in [0.15, 0.2) is 28.2 Å². The van der Waals surface area contributed by atoms with Crippen LogP contribution in [-0.4, -0.2) is 22.3 Å². The number of thioether (sulfide) groups is 1. The number of furan rings is 1. The summed E-state index contributed by atoms with van der Waals surface area (Å²) < 4.78 is 5.01. The summed E-state index contributed by atoms with van der Waals surface area (Å²) in [5.74, 6) is 0.958. The normalized spacial score (nSPS) is 10.9. The van der Waals surface area contributed by atoms with Gasteiger partial charge in [-0.25, -0.2) is 9.97 Å². The fraction of sp³-hybridized carbons (Fsp3) is 0.429. The van der Waals surface area contributed by atoms with Gasteiger partial charge in [-0.1, -0.05) is 11.8 Å². The van der Waals surface area contributed by atoms with Gasteiger partial charge in [-0.3, -0.25) is 0 Å². The SMILES string of the molecule is Cc1nc(SCCNCc2ccoc2)nc(C)c1C. The van der Waals surface area contributed by atoms with Gasteiger partial charge in [0.05, 0.1) is 12.5 Å². The molecule has 0 saturated heterocycles. The van der Waals surface area contributed by atoms with Gasteiger partial charge in [0.25, 0.3) is 0 Å². The molecule has 2 aromatic heterocycles. The highest BCUT2D eigenvalue weighted by Crippen LogP contribution is 2.16. The van der Waals surface area contributed by atoms with E-state index in [2.05, 4.69) is 22.2 Å². The van der Waals surface area contributed by atoms with E-state index in [1.54, 1.807) is 24.3 Å². The Morgan fingerprint density at radius 1 is 1.21 bits per heavy atom. The van der Waals surface area contributed by atoms with E-state index in [-0.39, 0.29) is 0 Å². The molecule has 0 amide bonds. The molecule has 102 valence electrons. The molecule has 5 heteroatoms. The van der Waals surface area contributed by atoms with Crippen molar-refractivity contribution in [1.29, 1.82) is 0 Å². The minimum atomic E-state index is 0.837. The van der Waals surface area contributed by atoms with Gasteiger partial charge in [0.15, 0.2) is 5.16 Å². The first kappa shape index (κ1) is 14.1. The third-order valence-corrected chi connectivity index (χ3v) is 3.88. The predicted octanol–water partition coefficient (Wildman–Crippen LogP) is 2.88. The van der Waals surface area contributed by atoms with E-state index in [0.717, 1.165) is 35.4 Å². The van der Waals surface area contributed by atoms with Gasteiger partial charge in [0, 0.05) is 35.8 Å². The molecule has 0 spiro atoms. The van der Waals surface area contributed by atoms with E-state index < -0.39 is 0 Å². The molecule has 2 rings (SSSR count). The average molecular weight is 277 g/mol. The first-order valence-electron chi connectivity index (χ1n) is 6.33. The Morgan fingerprint density at radius 3 is 2.58 bits per heavy atom. The Morgan fingerprint density at radius 2 is 1.95 bits per heavy atom. The van der Waals surface area contributed by atoms with Crippen LogP contribution in [0.25, 0.3) is 0 Å². The Hall–Kier alpha value is -1.33. The molecule has 4 nitrogen and oxygen atoms in total. The first-order valence-corrected chi connectivity index (χ1v) is 7.32. The van der Waals surface area contributed by atoms with Crippen molar-refractivity contribution < 1.29 is 4.42 Å². The molecule has 0 unspecified atom stereocenters. The number of hydrogen-bond donors (Lipinski definition) is 1. The minimum absolute atomic E-state index is 0.837. The van der Waals surface area contributed by atoms with Crippen LogP contribution in [0.1, 0.15) is 22.5 Å². The Balaban J connectivity index is 1.74. The maximum Gasteiger partial charge on any atom is 0.188 e. The molecular formula is C14H19N3OS. The summed E-state index contributed by atoms with van der Waals surface area (Å²) in [6.07, 6.45) is 3.45. The van der Waals surface area contributed by atoms with Crippen molar-refractivity contribution in [2.75, 3.05) is 12.3 Å². The molecule has 0 fully saturated rings. The summed E-state index contributed by atoms with van der Waals surface area (Å²) in [6.45, 7) is 7.89. The lowest BCUT2D eigenvalue weighted by atomic mass is 10.2. The Kier molecular flexibility index (Phi) is 4.99. The predicted molar refractivity (Wildman–Crippen MR) is 77.4 cm³/mol. The van der Waals surface area contributed by atoms with E-state index >= 15 is 0 Å². The second-order valence-corrected chi connectivity index (χ2v) is 5.52. The van der Waals surface area contributed by atoms with E-state index in [1.807, 2.05) is 19.9 Å². The molecule has 2 aromatic rings. The van der Waals surface area contributed by atoms with Gasteiger partial charge in [0.1, 0.15) is 0 Å². The highest BCUT2D eigenvalue weighted by Gasteiger charge is 2.04. The third-order valence-electron chi connectivity index (χ3n) is 3.03. The molecule has 0 radical (unpaired) electrons. The molecule has 19 heavy (non-hydrogen) atoms. The van der Waals surface area contributed by atoms with Crippen molar-refractivity contribution >= 4 is 11.8 Å². The van der Waals surface area contributed by atoms with Crippen molar-refractivity contribution in [2.45, 2.75) is 32.5 Å². The molecule has 0 atom stereocenters. The number of rotatable bonds is 6. The number of aromatic nitrogens is 2. The van der Waals surface area contributed by atoms with E-state index in [4.69, 9.17) is 4.42 Å². The average Bonchev–Trinajstić information content (AvgIpc) is 2.88. The van der Waals surface area contributed by atoms with Crippen molar-refractivity contribution in [2.24, 2.45) is 0 Å². The zero-order valence-electron chi connectivity index (χ0n) is 11.6. The van der Waals surface area contributed by atoms with Crippen molar-refractivity contribution in [3.8, 4) is 0 Å². The van der Waals surface area contributed by atoms with Crippen molar-refractivity contribution in [3.05, 3.63) is 41.1 Å². The van der Waals surface area contributed by atoms with Crippen molar-refractivity contribution in [1.82, 2.24) is 15.3 Å². The summed E-state index contributed by atoms with van der Waals surface area (Å²) in [7, 11) is 0. The zero-order chi connectivity index (χ0) is 13.7. The lowest BCUT2D eigenvalue weighted by molar-refractivity contribution is 0.561. The van der Waals surface area contributed by atoms with Gasteiger partial charge >= 0.3 is 0 Å². The van der Waals surface area contributed by atoms with Gasteiger partial charge in [-0.05, 0) is 32.4 Å². The third kappa shape index (κ3) is 4.08. The topological polar surface area (TPSA) is 51.0 Å². The first-order chi connectivity index (χ1) is 9.16. The van der Waals surface area contributed by atoms with Crippen LogP contribution < -0.4 is 5.32 Å². The molecule has 0 saturated carbocycles. The molecule has 1 N–H and O–H groups in total. The lowest BCUT2D eigenvalue weighted by Gasteiger charge is -2.07. The summed E-state index contributed by atoms with van der Waals surface area (Å²) in [5.41, 5.74) is 4.49. The van der Waals surface area contributed by atoms with Gasteiger partial charge < -0.3 is 9.73 Å². The van der Waals surface area contributed by atoms with E-state index in [9.17, 15) is 0 Å². The summed E-state index contributed by atoms with van der Waals surface area (Å²) in [5, 5.41) is 4.23. The van der Waals surface area contributed by atoms with Gasteiger partial charge in [0.2, 0.25) is 0 Å². The van der Waals surface area contributed by atoms with Crippen LogP contribution in [0.3, 0.4) is 0 Å². The standard InChI is InChI=1S/C14H19N3OS/c1-10-11(2)16-14(17-12(10)3)19-7-5-15-8-13-4-6-18-9-13/h4,6,9,15H,5,7-8H2,1-3H3. The molecular weight excluding hydrogens is 258 g/mol. The number of nitrogens with one attached hydrogen (secondary N) is 1. The fourth-order valence-electron chi connectivity index (χ4n) is 1.65. The Bertz CT molecular complexity index is 502. The highest BCUT2D eigenvalue weighted by molar-refractivity contribution is 7.99. The second kappa shape index (κ2) is 6.73. The van der Waals surface area contributed by atoms with Gasteiger partial charge in [-0.15, -0.1) is 0 Å². The molecule has 0 aliphatic carbocycles. The molecule has 0 aromatic carbocycles. The summed E-state index contributed by atoms with van der Waals surface area (Å²) >= 11 is 1.69. The van der Waals surface area contributed by atoms with Crippen LogP contribution in [0, 0.1) is 20.8 Å². The van der Waals surface area contributed by atoms with Crippen LogP contribution in [0.2, 0.25) is 0 Å². The number of aryl methyl sites for hydroxylation is 2. The maximum absolute atomic E-state index is 5.01. The molecule has 0 aliphatic heterocycles. The van der Waals surface area contributed by atoms with Crippen LogP contribution in [0.4, 0.5) is 0 Å². The van der Waals surface area contributed by atoms with Crippen LogP contribution >= 0.6 is 11.8 Å². The largest absolute Gasteiger partial charge is 0.472 e. The van der Waals surface area contributed by atoms with Crippen LogP contribution in [-0.2, 0) is 6.54 Å². The summed E-state index contributed by atoms with van der Waals surface area (Å²) in [4.78, 5) is 8.98. The lowest BCUT2D eigenvalue weighted by Crippen LogP contribution is -2.16. The van der Waals surface area contributed by atoms with Crippen molar-refractivity contribution in [3.63, 3.8) is 0 Å². The second-order valence-electron chi connectivity index (χ2n) is 4.46. The maximum atomic E-state index is 5.01. The van der Waals surface area contributed by atoms with Crippen LogP contribution in [0.5, 0.6) is 0 Å².